The third-order valence-corrected chi connectivity index (χ3v) is 4.55. The second-order valence-corrected chi connectivity index (χ2v) is 7.16. The van der Waals surface area contributed by atoms with E-state index in [1.54, 1.807) is 24.3 Å². The maximum Gasteiger partial charge on any atom is 0.259 e. The van der Waals surface area contributed by atoms with Crippen LogP contribution in [0.2, 0.25) is 0 Å². The zero-order chi connectivity index (χ0) is 23.3. The molecule has 3 rings (SSSR count). The van der Waals surface area contributed by atoms with E-state index in [0.717, 1.165) is 17.5 Å². The Kier molecular flexibility index (Phi) is 9.03. The van der Waals surface area contributed by atoms with E-state index in [1.807, 2.05) is 61.5 Å². The summed E-state index contributed by atoms with van der Waals surface area (Å²) >= 11 is 0. The molecule has 0 saturated carbocycles. The third-order valence-electron chi connectivity index (χ3n) is 4.55. The molecule has 0 aliphatic rings. The molecule has 0 aliphatic heterocycles. The largest absolute Gasteiger partial charge is 0.494 e. The van der Waals surface area contributed by atoms with Gasteiger partial charge in [0.15, 0.2) is 0 Å². The van der Waals surface area contributed by atoms with Crippen LogP contribution in [0.4, 0.5) is 0 Å². The van der Waals surface area contributed by atoms with Gasteiger partial charge in [0.1, 0.15) is 18.1 Å². The number of amides is 2. The van der Waals surface area contributed by atoms with Crippen LogP contribution in [0.5, 0.6) is 11.5 Å². The minimum atomic E-state index is -0.440. The lowest BCUT2D eigenvalue weighted by Gasteiger charge is -2.09. The van der Waals surface area contributed by atoms with Gasteiger partial charge < -0.3 is 14.8 Å². The molecule has 2 amide bonds. The van der Waals surface area contributed by atoms with Crippen LogP contribution in [0, 0.1) is 0 Å². The Morgan fingerprint density at radius 2 is 1.64 bits per heavy atom. The minimum Gasteiger partial charge on any atom is -0.494 e. The minimum absolute atomic E-state index is 0.198. The van der Waals surface area contributed by atoms with Crippen molar-refractivity contribution in [2.75, 3.05) is 13.2 Å². The van der Waals surface area contributed by atoms with Crippen molar-refractivity contribution in [3.63, 3.8) is 0 Å². The number of rotatable bonds is 11. The number of nitrogens with one attached hydrogen (secondary N) is 2. The number of hydrazone groups is 1. The molecular weight excluding hydrogens is 418 g/mol. The number of hydrogen-bond acceptors (Lipinski definition) is 5. The molecule has 170 valence electrons. The first kappa shape index (κ1) is 23.5. The molecule has 0 heterocycles. The maximum absolute atomic E-state index is 12.2. The molecule has 0 unspecified atom stereocenters. The predicted molar refractivity (Wildman–Crippen MR) is 128 cm³/mol. The highest BCUT2D eigenvalue weighted by molar-refractivity contribution is 5.96. The van der Waals surface area contributed by atoms with Gasteiger partial charge in [-0.3, -0.25) is 9.59 Å². The molecule has 0 bridgehead atoms. The number of carbonyl (C=O) groups excluding carboxylic acids is 2. The quantitative estimate of drug-likeness (QED) is 0.346. The van der Waals surface area contributed by atoms with Crippen LogP contribution in [-0.2, 0) is 11.4 Å². The van der Waals surface area contributed by atoms with Gasteiger partial charge in [0.2, 0.25) is 0 Å². The van der Waals surface area contributed by atoms with Crippen molar-refractivity contribution >= 4 is 18.0 Å². The Morgan fingerprint density at radius 1 is 0.909 bits per heavy atom. The Balaban J connectivity index is 1.46. The summed E-state index contributed by atoms with van der Waals surface area (Å²) in [4.78, 5) is 24.3. The van der Waals surface area contributed by atoms with Gasteiger partial charge in [-0.2, -0.15) is 5.10 Å². The van der Waals surface area contributed by atoms with Crippen LogP contribution in [0.15, 0.2) is 84.0 Å². The lowest BCUT2D eigenvalue weighted by atomic mass is 10.2. The summed E-state index contributed by atoms with van der Waals surface area (Å²) in [5.74, 6) is 0.563. The van der Waals surface area contributed by atoms with Gasteiger partial charge in [-0.05, 0) is 48.4 Å². The molecule has 7 heteroatoms. The molecule has 3 aromatic carbocycles. The summed E-state index contributed by atoms with van der Waals surface area (Å²) < 4.78 is 11.4. The zero-order valence-corrected chi connectivity index (χ0v) is 18.5. The van der Waals surface area contributed by atoms with Gasteiger partial charge in [0.05, 0.1) is 19.4 Å². The van der Waals surface area contributed by atoms with E-state index in [9.17, 15) is 9.59 Å². The number of para-hydroxylation sites is 1. The van der Waals surface area contributed by atoms with Crippen molar-refractivity contribution in [2.45, 2.75) is 20.0 Å². The zero-order valence-electron chi connectivity index (χ0n) is 18.5. The second-order valence-electron chi connectivity index (χ2n) is 7.16. The van der Waals surface area contributed by atoms with E-state index in [4.69, 9.17) is 9.47 Å². The van der Waals surface area contributed by atoms with Crippen molar-refractivity contribution in [2.24, 2.45) is 5.10 Å². The van der Waals surface area contributed by atoms with E-state index >= 15 is 0 Å². The van der Waals surface area contributed by atoms with Crippen molar-refractivity contribution in [1.82, 2.24) is 10.7 Å². The van der Waals surface area contributed by atoms with E-state index in [2.05, 4.69) is 15.8 Å². The molecule has 0 atom stereocenters. The highest BCUT2D eigenvalue weighted by atomic mass is 16.5. The Hall–Kier alpha value is -4.13. The van der Waals surface area contributed by atoms with E-state index in [1.165, 1.54) is 6.21 Å². The van der Waals surface area contributed by atoms with Gasteiger partial charge in [-0.1, -0.05) is 49.4 Å². The van der Waals surface area contributed by atoms with Crippen LogP contribution in [-0.4, -0.2) is 31.2 Å². The Bertz CT molecular complexity index is 1070. The number of hydrogen-bond donors (Lipinski definition) is 2. The molecule has 3 aromatic rings. The SMILES string of the molecule is CCCOc1ccc(C(=O)NCC(=O)N/N=C\c2ccccc2OCc2ccccc2)cc1. The molecule has 0 radical (unpaired) electrons. The number of benzene rings is 3. The first-order valence-corrected chi connectivity index (χ1v) is 10.7. The van der Waals surface area contributed by atoms with Crippen molar-refractivity contribution in [3.05, 3.63) is 95.6 Å². The molecule has 0 saturated heterocycles. The summed E-state index contributed by atoms with van der Waals surface area (Å²) in [6.07, 6.45) is 2.42. The maximum atomic E-state index is 12.2. The Labute approximate surface area is 193 Å². The molecule has 2 N–H and O–H groups in total. The molecule has 0 aliphatic carbocycles. The van der Waals surface area contributed by atoms with Gasteiger partial charge in [-0.15, -0.1) is 0 Å². The molecule has 0 fully saturated rings. The summed E-state index contributed by atoms with van der Waals surface area (Å²) in [6.45, 7) is 2.87. The average Bonchev–Trinajstić information content (AvgIpc) is 2.86. The highest BCUT2D eigenvalue weighted by Gasteiger charge is 2.08. The molecule has 7 nitrogen and oxygen atoms in total. The van der Waals surface area contributed by atoms with E-state index < -0.39 is 5.91 Å². The topological polar surface area (TPSA) is 89.0 Å². The monoisotopic (exact) mass is 445 g/mol. The van der Waals surface area contributed by atoms with Crippen molar-refractivity contribution < 1.29 is 19.1 Å². The van der Waals surface area contributed by atoms with E-state index in [0.29, 0.717) is 30.3 Å². The predicted octanol–water partition coefficient (Wildman–Crippen LogP) is 3.93. The summed E-state index contributed by atoms with van der Waals surface area (Å²) in [6, 6.07) is 24.0. The van der Waals surface area contributed by atoms with Crippen LogP contribution in [0.1, 0.15) is 34.8 Å². The van der Waals surface area contributed by atoms with Crippen LogP contribution in [0.25, 0.3) is 0 Å². The number of ether oxygens (including phenoxy) is 2. The fourth-order valence-corrected chi connectivity index (χ4v) is 2.85. The Morgan fingerprint density at radius 3 is 2.39 bits per heavy atom. The van der Waals surface area contributed by atoms with Gasteiger partial charge in [-0.25, -0.2) is 5.43 Å². The summed E-state index contributed by atoms with van der Waals surface area (Å²) in [5, 5.41) is 6.55. The molecule has 33 heavy (non-hydrogen) atoms. The lowest BCUT2D eigenvalue weighted by Crippen LogP contribution is -2.34. The van der Waals surface area contributed by atoms with Gasteiger partial charge in [0.25, 0.3) is 11.8 Å². The van der Waals surface area contributed by atoms with Crippen LogP contribution < -0.4 is 20.2 Å². The average molecular weight is 446 g/mol. The summed E-state index contributed by atoms with van der Waals surface area (Å²) in [7, 11) is 0. The van der Waals surface area contributed by atoms with Gasteiger partial charge in [0, 0.05) is 11.1 Å². The highest BCUT2D eigenvalue weighted by Crippen LogP contribution is 2.17. The molecule has 0 aromatic heterocycles. The van der Waals surface area contributed by atoms with E-state index in [-0.39, 0.29) is 12.5 Å². The fourth-order valence-electron chi connectivity index (χ4n) is 2.85. The van der Waals surface area contributed by atoms with Crippen molar-refractivity contribution in [1.29, 1.82) is 0 Å². The smallest absolute Gasteiger partial charge is 0.259 e. The fraction of sp³-hybridized carbons (Fsp3) is 0.192. The van der Waals surface area contributed by atoms with Crippen molar-refractivity contribution in [3.8, 4) is 11.5 Å². The first-order valence-electron chi connectivity index (χ1n) is 10.7. The lowest BCUT2D eigenvalue weighted by molar-refractivity contribution is -0.120. The first-order chi connectivity index (χ1) is 16.2. The van der Waals surface area contributed by atoms with Crippen LogP contribution >= 0.6 is 0 Å². The molecular formula is C26H27N3O4. The number of nitrogens with zero attached hydrogens (tertiary/aromatic N) is 1. The normalized spacial score (nSPS) is 10.6. The van der Waals surface area contributed by atoms with Gasteiger partial charge >= 0.3 is 0 Å². The second kappa shape index (κ2) is 12.7. The molecule has 0 spiro atoms. The standard InChI is InChI=1S/C26H27N3O4/c1-2-16-32-23-14-12-21(13-15-23)26(31)27-18-25(30)29-28-17-22-10-6-7-11-24(22)33-19-20-8-4-3-5-9-20/h3-15,17H,2,16,18-19H2,1H3,(H,27,31)(H,29,30)/b28-17-. The summed E-state index contributed by atoms with van der Waals surface area (Å²) in [5.41, 5.74) is 4.63. The third kappa shape index (κ3) is 7.81. The number of carbonyl (C=O) groups is 2. The van der Waals surface area contributed by atoms with Crippen LogP contribution in [0.3, 0.4) is 0 Å².